The van der Waals surface area contributed by atoms with Gasteiger partial charge in [-0.1, -0.05) is 30.3 Å². The van der Waals surface area contributed by atoms with Gasteiger partial charge in [0, 0.05) is 18.4 Å². The van der Waals surface area contributed by atoms with Crippen molar-refractivity contribution >= 4 is 0 Å². The van der Waals surface area contributed by atoms with E-state index in [4.69, 9.17) is 4.74 Å². The Morgan fingerprint density at radius 1 is 1.24 bits per heavy atom. The molecule has 1 aromatic carbocycles. The smallest absolute Gasteiger partial charge is 0.0748 e. The third-order valence-corrected chi connectivity index (χ3v) is 3.88. The number of quaternary nitrogens is 1. The molecule has 0 amide bonds. The molecule has 1 unspecified atom stereocenters. The van der Waals surface area contributed by atoms with Gasteiger partial charge in [-0.15, -0.1) is 0 Å². The van der Waals surface area contributed by atoms with Crippen LogP contribution in [0.5, 0.6) is 0 Å². The van der Waals surface area contributed by atoms with Crippen molar-refractivity contribution in [2.24, 2.45) is 0 Å². The van der Waals surface area contributed by atoms with Crippen LogP contribution in [0.1, 0.15) is 38.7 Å². The highest BCUT2D eigenvalue weighted by Crippen LogP contribution is 2.43. The molecule has 1 aliphatic heterocycles. The van der Waals surface area contributed by atoms with Crippen molar-refractivity contribution in [2.75, 3.05) is 13.2 Å². The van der Waals surface area contributed by atoms with Crippen molar-refractivity contribution in [1.29, 1.82) is 0 Å². The molecule has 1 saturated heterocycles. The monoisotopic (exact) mass is 234 g/mol. The topological polar surface area (TPSA) is 36.9 Å². The van der Waals surface area contributed by atoms with Crippen LogP contribution in [0.25, 0.3) is 0 Å². The van der Waals surface area contributed by atoms with Crippen LogP contribution in [0, 0.1) is 0 Å². The van der Waals surface area contributed by atoms with E-state index in [0.717, 1.165) is 32.4 Å². The summed E-state index contributed by atoms with van der Waals surface area (Å²) in [7, 11) is 0. The Morgan fingerprint density at radius 3 is 2.53 bits per heavy atom. The molecule has 3 N–H and O–H groups in total. The van der Waals surface area contributed by atoms with Crippen LogP contribution in [-0.2, 0) is 10.2 Å². The molecule has 1 aliphatic rings. The summed E-state index contributed by atoms with van der Waals surface area (Å²) in [5.41, 5.74) is 5.77. The molecular weight excluding hydrogens is 210 g/mol. The molecule has 2 nitrogen and oxygen atoms in total. The maximum Gasteiger partial charge on any atom is 0.0748 e. The highest BCUT2D eigenvalue weighted by molar-refractivity contribution is 5.26. The zero-order valence-corrected chi connectivity index (χ0v) is 11.0. The average Bonchev–Trinajstić information content (AvgIpc) is 2.29. The number of ether oxygens (including phenoxy) is 1. The van der Waals surface area contributed by atoms with Gasteiger partial charge in [-0.3, -0.25) is 0 Å². The zero-order chi connectivity index (χ0) is 12.4. The van der Waals surface area contributed by atoms with Crippen LogP contribution in [-0.4, -0.2) is 18.8 Å². The van der Waals surface area contributed by atoms with Crippen molar-refractivity contribution in [3.8, 4) is 0 Å². The Hall–Kier alpha value is -0.860. The predicted octanol–water partition coefficient (Wildman–Crippen LogP) is 2.15. The van der Waals surface area contributed by atoms with E-state index in [9.17, 15) is 0 Å². The molecule has 17 heavy (non-hydrogen) atoms. The maximum atomic E-state index is 5.87. The fraction of sp³-hybridized carbons (Fsp3) is 0.600. The first kappa shape index (κ1) is 12.6. The fourth-order valence-electron chi connectivity index (χ4n) is 3.21. The Bertz CT molecular complexity index is 356. The summed E-state index contributed by atoms with van der Waals surface area (Å²) in [6, 6.07) is 10.9. The minimum absolute atomic E-state index is 0.0107. The summed E-state index contributed by atoms with van der Waals surface area (Å²) in [4.78, 5) is 0. The zero-order valence-electron chi connectivity index (χ0n) is 11.0. The summed E-state index contributed by atoms with van der Waals surface area (Å²) in [5.74, 6) is 0. The van der Waals surface area contributed by atoms with Gasteiger partial charge in [0.05, 0.1) is 12.1 Å². The van der Waals surface area contributed by atoms with E-state index in [0.29, 0.717) is 0 Å². The molecule has 2 heteroatoms. The Morgan fingerprint density at radius 2 is 1.94 bits per heavy atom. The number of benzene rings is 1. The van der Waals surface area contributed by atoms with Gasteiger partial charge in [-0.25, -0.2) is 0 Å². The second kappa shape index (κ2) is 4.79. The first-order valence-corrected chi connectivity index (χ1v) is 6.57. The van der Waals surface area contributed by atoms with Gasteiger partial charge in [0.15, 0.2) is 0 Å². The molecule has 1 aromatic rings. The average molecular weight is 234 g/mol. The third-order valence-electron chi connectivity index (χ3n) is 3.88. The van der Waals surface area contributed by atoms with Crippen LogP contribution >= 0.6 is 0 Å². The van der Waals surface area contributed by atoms with Crippen LogP contribution in [0.2, 0.25) is 0 Å². The molecule has 0 bridgehead atoms. The van der Waals surface area contributed by atoms with Crippen LogP contribution in [0.4, 0.5) is 0 Å². The molecule has 0 aliphatic carbocycles. The van der Waals surface area contributed by atoms with E-state index in [1.807, 2.05) is 0 Å². The van der Waals surface area contributed by atoms with Crippen molar-refractivity contribution in [2.45, 2.75) is 44.1 Å². The Balaban J connectivity index is 2.32. The van der Waals surface area contributed by atoms with Crippen molar-refractivity contribution in [1.82, 2.24) is 0 Å². The lowest BCUT2D eigenvalue weighted by Crippen LogP contribution is -2.55. The molecule has 0 spiro atoms. The Kier molecular flexibility index (Phi) is 3.55. The molecule has 0 saturated carbocycles. The van der Waals surface area contributed by atoms with Gasteiger partial charge in [0.2, 0.25) is 0 Å². The van der Waals surface area contributed by atoms with Crippen molar-refractivity contribution in [3.05, 3.63) is 35.9 Å². The highest BCUT2D eigenvalue weighted by atomic mass is 16.5. The lowest BCUT2D eigenvalue weighted by Gasteiger charge is -2.45. The summed E-state index contributed by atoms with van der Waals surface area (Å²) >= 11 is 0. The summed E-state index contributed by atoms with van der Waals surface area (Å²) in [5, 5.41) is 0. The summed E-state index contributed by atoms with van der Waals surface area (Å²) in [6.07, 6.45) is 3.37. The van der Waals surface area contributed by atoms with E-state index in [1.165, 1.54) is 5.56 Å². The van der Waals surface area contributed by atoms with Gasteiger partial charge in [0.25, 0.3) is 0 Å². The van der Waals surface area contributed by atoms with Gasteiger partial charge in [0.1, 0.15) is 0 Å². The predicted molar refractivity (Wildman–Crippen MR) is 69.8 cm³/mol. The molecular formula is C15H24NO+. The largest absolute Gasteiger partial charge is 0.376 e. The quantitative estimate of drug-likeness (QED) is 0.855. The minimum atomic E-state index is -0.0107. The first-order chi connectivity index (χ1) is 8.08. The molecule has 1 atom stereocenters. The lowest BCUT2D eigenvalue weighted by molar-refractivity contribution is -0.372. The highest BCUT2D eigenvalue weighted by Gasteiger charge is 2.41. The standard InChI is InChI=1S/C15H23NO/c1-14(2)12-15(8-10-16,9-11-17-14)13-6-4-3-5-7-13/h3-7H,8-12,16H2,1-2H3/p+1. The molecule has 1 heterocycles. The SMILES string of the molecule is CC1(C)CC(CC[NH3+])(c2ccccc2)CCO1. The third kappa shape index (κ3) is 2.70. The van der Waals surface area contributed by atoms with Crippen LogP contribution < -0.4 is 5.73 Å². The lowest BCUT2D eigenvalue weighted by atomic mass is 9.67. The van der Waals surface area contributed by atoms with Crippen molar-refractivity contribution in [3.63, 3.8) is 0 Å². The number of rotatable bonds is 3. The second-order valence-corrected chi connectivity index (χ2v) is 5.78. The number of hydrogen-bond donors (Lipinski definition) is 1. The normalized spacial score (nSPS) is 27.9. The fourth-order valence-corrected chi connectivity index (χ4v) is 3.21. The van der Waals surface area contributed by atoms with Crippen molar-refractivity contribution < 1.29 is 10.5 Å². The van der Waals surface area contributed by atoms with E-state index >= 15 is 0 Å². The Labute approximate surface area is 104 Å². The van der Waals surface area contributed by atoms with Gasteiger partial charge >= 0.3 is 0 Å². The molecule has 1 fully saturated rings. The minimum Gasteiger partial charge on any atom is -0.376 e. The van der Waals surface area contributed by atoms with E-state index < -0.39 is 0 Å². The molecule has 2 rings (SSSR count). The van der Waals surface area contributed by atoms with Gasteiger partial charge in [-0.2, -0.15) is 0 Å². The van der Waals surface area contributed by atoms with Gasteiger partial charge < -0.3 is 10.5 Å². The molecule has 94 valence electrons. The first-order valence-electron chi connectivity index (χ1n) is 6.57. The number of hydrogen-bond acceptors (Lipinski definition) is 1. The maximum absolute atomic E-state index is 5.87. The van der Waals surface area contributed by atoms with E-state index in [2.05, 4.69) is 49.9 Å². The van der Waals surface area contributed by atoms with E-state index in [1.54, 1.807) is 0 Å². The van der Waals surface area contributed by atoms with E-state index in [-0.39, 0.29) is 11.0 Å². The van der Waals surface area contributed by atoms with Gasteiger partial charge in [-0.05, 0) is 32.3 Å². The second-order valence-electron chi connectivity index (χ2n) is 5.78. The summed E-state index contributed by atoms with van der Waals surface area (Å²) in [6.45, 7) is 6.26. The molecule has 0 radical (unpaired) electrons. The molecule has 0 aromatic heterocycles. The summed E-state index contributed by atoms with van der Waals surface area (Å²) < 4.78 is 5.87. The van der Waals surface area contributed by atoms with Crippen LogP contribution in [0.15, 0.2) is 30.3 Å². The van der Waals surface area contributed by atoms with Crippen LogP contribution in [0.3, 0.4) is 0 Å².